The molecular weight excluding hydrogens is 407 g/mol. The van der Waals surface area contributed by atoms with Crippen LogP contribution in [0, 0.1) is 0 Å². The van der Waals surface area contributed by atoms with Crippen molar-refractivity contribution in [3.05, 3.63) is 95.3 Å². The van der Waals surface area contributed by atoms with E-state index in [1.165, 1.54) is 31.2 Å². The number of pyridine rings is 1. The van der Waals surface area contributed by atoms with Crippen LogP contribution in [0.5, 0.6) is 0 Å². The Morgan fingerprint density at radius 1 is 0.929 bits per heavy atom. The van der Waals surface area contributed by atoms with Crippen LogP contribution in [0.2, 0.25) is 0 Å². The van der Waals surface area contributed by atoms with Gasteiger partial charge in [0.2, 0.25) is 0 Å². The molecule has 3 heteroatoms. The molecule has 0 amide bonds. The summed E-state index contributed by atoms with van der Waals surface area (Å²) in [6.07, 6.45) is 13.1. The molecule has 0 fully saturated rings. The average Bonchev–Trinajstić information content (AvgIpc) is 3.10. The van der Waals surface area contributed by atoms with Gasteiger partial charge in [0.1, 0.15) is 0 Å². The summed E-state index contributed by atoms with van der Waals surface area (Å²) < 4.78 is 5.19. The fourth-order valence-electron chi connectivity index (χ4n) is 3.59. The van der Waals surface area contributed by atoms with Crippen LogP contribution in [0.25, 0.3) is 17.0 Å². The maximum atomic E-state index is 2.43. The van der Waals surface area contributed by atoms with E-state index < -0.39 is 0 Å². The summed E-state index contributed by atoms with van der Waals surface area (Å²) >= 11 is 0.393. The average molecular weight is 432 g/mol. The summed E-state index contributed by atoms with van der Waals surface area (Å²) in [7, 11) is 0. The Labute approximate surface area is 173 Å². The fraction of sp³-hybridized carbons (Fsp3) is 0.160. The third-order valence-corrected chi connectivity index (χ3v) is 7.36. The fourth-order valence-corrected chi connectivity index (χ4v) is 5.98. The second-order valence-electron chi connectivity index (χ2n) is 6.64. The van der Waals surface area contributed by atoms with Crippen LogP contribution in [0.4, 0.5) is 5.69 Å². The summed E-state index contributed by atoms with van der Waals surface area (Å²) in [4.78, 5) is 2.43. The first-order valence-electron chi connectivity index (χ1n) is 9.82. The van der Waals surface area contributed by atoms with Crippen LogP contribution in [-0.2, 0) is 6.54 Å². The van der Waals surface area contributed by atoms with Gasteiger partial charge in [0, 0.05) is 0 Å². The van der Waals surface area contributed by atoms with Gasteiger partial charge in [-0.3, -0.25) is 0 Å². The van der Waals surface area contributed by atoms with Crippen molar-refractivity contribution in [1.82, 2.24) is 0 Å². The van der Waals surface area contributed by atoms with Crippen molar-refractivity contribution in [3.8, 4) is 0 Å². The molecular formula is C25H25N2Se+. The van der Waals surface area contributed by atoms with Gasteiger partial charge in [0.05, 0.1) is 0 Å². The number of hydrogen-bond acceptors (Lipinski definition) is 1. The number of hydrogen-bond donors (Lipinski definition) is 0. The number of para-hydroxylation sites is 2. The van der Waals surface area contributed by atoms with Gasteiger partial charge in [0.15, 0.2) is 0 Å². The zero-order chi connectivity index (χ0) is 19.3. The standard InChI is InChI=1S/C25H25N2Se/c1-3-26-19-18-20(21-13-8-9-14-22(21)26)12-6-5-7-17-25-27(4-2)23-15-10-11-16-24(23)28-25/h5-19H,3-4H2,1-2H3/q+1. The van der Waals surface area contributed by atoms with Crippen LogP contribution in [0.15, 0.2) is 89.7 Å². The topological polar surface area (TPSA) is 7.12 Å². The molecule has 140 valence electrons. The number of benzene rings is 2. The van der Waals surface area contributed by atoms with E-state index in [9.17, 15) is 0 Å². The van der Waals surface area contributed by atoms with Gasteiger partial charge >= 0.3 is 174 Å². The second-order valence-corrected chi connectivity index (χ2v) is 8.87. The number of fused-ring (bicyclic) bond motifs is 2. The third-order valence-electron chi connectivity index (χ3n) is 4.99. The molecule has 1 aliphatic heterocycles. The molecule has 0 N–H and O–H groups in total. The molecule has 4 rings (SSSR count). The number of anilines is 1. The van der Waals surface area contributed by atoms with Crippen molar-refractivity contribution in [2.75, 3.05) is 11.4 Å². The van der Waals surface area contributed by atoms with E-state index in [0.717, 1.165) is 13.1 Å². The number of rotatable bonds is 5. The third kappa shape index (κ3) is 3.69. The van der Waals surface area contributed by atoms with Crippen LogP contribution >= 0.6 is 0 Å². The molecule has 0 bridgehead atoms. The molecule has 0 saturated carbocycles. The molecule has 0 spiro atoms. The zero-order valence-electron chi connectivity index (χ0n) is 16.4. The first kappa shape index (κ1) is 18.7. The SMILES string of the molecule is CCN1C(=CC=CC=Cc2cc[n+](CC)c3ccccc23)[Se]c2ccccc21. The second kappa shape index (κ2) is 8.60. The van der Waals surface area contributed by atoms with Gasteiger partial charge in [-0.25, -0.2) is 0 Å². The normalized spacial score (nSPS) is 15.4. The number of aryl methyl sites for hydroxylation is 1. The summed E-state index contributed by atoms with van der Waals surface area (Å²) in [5, 5.41) is 1.29. The van der Waals surface area contributed by atoms with E-state index in [4.69, 9.17) is 0 Å². The Kier molecular flexibility index (Phi) is 5.76. The van der Waals surface area contributed by atoms with Crippen molar-refractivity contribution < 1.29 is 4.57 Å². The molecule has 0 unspecified atom stereocenters. The molecule has 0 atom stereocenters. The van der Waals surface area contributed by atoms with Crippen LogP contribution in [0.3, 0.4) is 0 Å². The van der Waals surface area contributed by atoms with Crippen molar-refractivity contribution >= 4 is 42.1 Å². The molecule has 0 saturated heterocycles. The van der Waals surface area contributed by atoms with Gasteiger partial charge in [-0.2, -0.15) is 0 Å². The Bertz CT molecular complexity index is 1080. The van der Waals surface area contributed by atoms with Crippen molar-refractivity contribution in [2.45, 2.75) is 20.4 Å². The first-order chi connectivity index (χ1) is 13.8. The van der Waals surface area contributed by atoms with E-state index in [1.807, 2.05) is 0 Å². The Morgan fingerprint density at radius 2 is 1.75 bits per heavy atom. The Balaban J connectivity index is 1.53. The van der Waals surface area contributed by atoms with E-state index >= 15 is 0 Å². The summed E-state index contributed by atoms with van der Waals surface area (Å²) in [5.74, 6) is 0. The molecule has 1 aromatic heterocycles. The zero-order valence-corrected chi connectivity index (χ0v) is 18.1. The van der Waals surface area contributed by atoms with Crippen molar-refractivity contribution in [3.63, 3.8) is 0 Å². The van der Waals surface area contributed by atoms with Gasteiger partial charge in [-0.1, -0.05) is 0 Å². The minimum atomic E-state index is 0.393. The van der Waals surface area contributed by atoms with Gasteiger partial charge < -0.3 is 0 Å². The van der Waals surface area contributed by atoms with E-state index in [0.29, 0.717) is 15.0 Å². The van der Waals surface area contributed by atoms with Crippen molar-refractivity contribution in [1.29, 1.82) is 0 Å². The summed E-state index contributed by atoms with van der Waals surface area (Å²) in [6.45, 7) is 6.40. The number of nitrogens with zero attached hydrogens (tertiary/aromatic N) is 2. The van der Waals surface area contributed by atoms with Crippen LogP contribution < -0.4 is 13.9 Å². The molecule has 1 aliphatic rings. The quantitative estimate of drug-likeness (QED) is 0.329. The number of allylic oxidation sites excluding steroid dienone is 4. The predicted octanol–water partition coefficient (Wildman–Crippen LogP) is 4.43. The Morgan fingerprint density at radius 3 is 2.61 bits per heavy atom. The van der Waals surface area contributed by atoms with Gasteiger partial charge in [0.25, 0.3) is 0 Å². The maximum absolute atomic E-state index is 2.43. The Hall–Kier alpha value is -2.61. The molecule has 0 radical (unpaired) electrons. The van der Waals surface area contributed by atoms with Gasteiger partial charge in [-0.15, -0.1) is 0 Å². The molecule has 2 aromatic carbocycles. The molecule has 2 heterocycles. The van der Waals surface area contributed by atoms with Crippen molar-refractivity contribution in [2.24, 2.45) is 0 Å². The molecule has 2 nitrogen and oxygen atoms in total. The van der Waals surface area contributed by atoms with Gasteiger partial charge in [-0.05, 0) is 0 Å². The van der Waals surface area contributed by atoms with E-state index in [1.54, 1.807) is 0 Å². The van der Waals surface area contributed by atoms with Crippen LogP contribution in [-0.4, -0.2) is 21.5 Å². The minimum absolute atomic E-state index is 0.393. The van der Waals surface area contributed by atoms with E-state index in [2.05, 4.69) is 114 Å². The summed E-state index contributed by atoms with van der Waals surface area (Å²) in [6, 6.07) is 19.6. The first-order valence-corrected chi connectivity index (χ1v) is 11.5. The molecule has 0 aliphatic carbocycles. The number of aromatic nitrogens is 1. The summed E-state index contributed by atoms with van der Waals surface area (Å²) in [5.41, 5.74) is 3.91. The molecule has 3 aromatic rings. The molecule has 28 heavy (non-hydrogen) atoms. The predicted molar refractivity (Wildman–Crippen MR) is 121 cm³/mol. The van der Waals surface area contributed by atoms with Crippen LogP contribution in [0.1, 0.15) is 19.4 Å². The van der Waals surface area contributed by atoms with E-state index in [-0.39, 0.29) is 0 Å². The monoisotopic (exact) mass is 433 g/mol.